The molecule has 1 saturated carbocycles. The molecule has 4 aromatic rings. The lowest BCUT2D eigenvalue weighted by Crippen LogP contribution is -2.22. The summed E-state index contributed by atoms with van der Waals surface area (Å²) in [6.45, 7) is 2.85. The molecule has 0 bridgehead atoms. The summed E-state index contributed by atoms with van der Waals surface area (Å²) in [4.78, 5) is 18.9. The Morgan fingerprint density at radius 3 is 2.88 bits per heavy atom. The zero-order valence-corrected chi connectivity index (χ0v) is 18.8. The van der Waals surface area contributed by atoms with E-state index in [0.717, 1.165) is 63.3 Å². The normalized spacial score (nSPS) is 15.0. The van der Waals surface area contributed by atoms with Crippen LogP contribution in [0.5, 0.6) is 11.5 Å². The molecule has 1 aliphatic carbocycles. The number of aromatic nitrogens is 5. The highest BCUT2D eigenvalue weighted by atomic mass is 32.2. The Morgan fingerprint density at radius 1 is 1.19 bits per heavy atom. The van der Waals surface area contributed by atoms with E-state index in [1.54, 1.807) is 29.3 Å². The van der Waals surface area contributed by atoms with Crippen molar-refractivity contribution in [2.75, 3.05) is 25.6 Å². The van der Waals surface area contributed by atoms with E-state index in [1.165, 1.54) is 19.2 Å². The van der Waals surface area contributed by atoms with Gasteiger partial charge in [0, 0.05) is 35.1 Å². The first kappa shape index (κ1) is 19.8. The lowest BCUT2D eigenvalue weighted by atomic mass is 10.2. The van der Waals surface area contributed by atoms with Gasteiger partial charge in [-0.25, -0.2) is 19.9 Å². The van der Waals surface area contributed by atoms with Crippen LogP contribution < -0.4 is 20.5 Å². The van der Waals surface area contributed by atoms with Gasteiger partial charge in [-0.15, -0.1) is 11.3 Å². The zero-order chi connectivity index (χ0) is 21.5. The van der Waals surface area contributed by atoms with E-state index < -0.39 is 0 Å². The fourth-order valence-electron chi connectivity index (χ4n) is 3.66. The number of thiazole rings is 1. The van der Waals surface area contributed by atoms with Gasteiger partial charge in [0.25, 0.3) is 0 Å². The molecule has 0 amide bonds. The van der Waals surface area contributed by atoms with Gasteiger partial charge in [0.1, 0.15) is 11.3 Å². The van der Waals surface area contributed by atoms with Gasteiger partial charge in [-0.3, -0.25) is 0 Å². The maximum atomic E-state index is 6.12. The minimum absolute atomic E-state index is 0.220. The largest absolute Gasteiger partial charge is 0.454 e. The fourth-order valence-corrected chi connectivity index (χ4v) is 5.45. The predicted octanol–water partition coefficient (Wildman–Crippen LogP) is 3.41. The van der Waals surface area contributed by atoms with Crippen molar-refractivity contribution in [2.45, 2.75) is 29.4 Å². The summed E-state index contributed by atoms with van der Waals surface area (Å²) in [5.74, 6) is 2.66. The molecule has 2 aliphatic rings. The maximum absolute atomic E-state index is 6.12. The fraction of sp³-hybridized carbons (Fsp3) is 0.333. The van der Waals surface area contributed by atoms with E-state index >= 15 is 0 Å². The molecular formula is C21H21N7O2S2. The second-order valence-corrected chi connectivity index (χ2v) is 9.67. The standard InChI is InChI=1S/C21H21N7O2S2/c22-18-17-19(26-10-25-18)28(5-3-23-9-12-1-2-12)21(27-17)32-16-8-15-14(29-11-30-15)7-13(16)20-24-4-6-31-20/h4,6-8,10,12,23H,1-3,5,9,11H2,(H2,22,25,26). The van der Waals surface area contributed by atoms with Crippen LogP contribution in [0.15, 0.2) is 40.1 Å². The molecule has 4 heterocycles. The molecule has 0 atom stereocenters. The maximum Gasteiger partial charge on any atom is 0.231 e. The minimum atomic E-state index is 0.220. The molecule has 6 rings (SSSR count). The molecule has 3 N–H and O–H groups in total. The van der Waals surface area contributed by atoms with Crippen molar-refractivity contribution in [3.63, 3.8) is 0 Å². The lowest BCUT2D eigenvalue weighted by molar-refractivity contribution is 0.174. The summed E-state index contributed by atoms with van der Waals surface area (Å²) in [7, 11) is 0. The molecule has 1 fully saturated rings. The molecule has 1 aliphatic heterocycles. The van der Waals surface area contributed by atoms with Gasteiger partial charge >= 0.3 is 0 Å². The van der Waals surface area contributed by atoms with Gasteiger partial charge in [-0.1, -0.05) is 11.8 Å². The monoisotopic (exact) mass is 467 g/mol. The Balaban J connectivity index is 1.38. The van der Waals surface area contributed by atoms with Crippen LogP contribution in [0.4, 0.5) is 5.82 Å². The Bertz CT molecular complexity index is 1270. The highest BCUT2D eigenvalue weighted by Crippen LogP contribution is 2.45. The van der Waals surface area contributed by atoms with Gasteiger partial charge in [0.15, 0.2) is 33.6 Å². The summed E-state index contributed by atoms with van der Waals surface area (Å²) >= 11 is 3.13. The molecule has 0 saturated heterocycles. The van der Waals surface area contributed by atoms with E-state index in [2.05, 4.69) is 24.8 Å². The zero-order valence-electron chi connectivity index (χ0n) is 17.2. The second-order valence-electron chi connectivity index (χ2n) is 7.77. The Labute approximate surface area is 192 Å². The number of hydrogen-bond donors (Lipinski definition) is 2. The van der Waals surface area contributed by atoms with Crippen molar-refractivity contribution < 1.29 is 9.47 Å². The average molecular weight is 468 g/mol. The molecule has 1 aromatic carbocycles. The number of nitrogens with zero attached hydrogens (tertiary/aromatic N) is 5. The highest BCUT2D eigenvalue weighted by molar-refractivity contribution is 7.99. The minimum Gasteiger partial charge on any atom is -0.454 e. The lowest BCUT2D eigenvalue weighted by Gasteiger charge is -2.11. The second kappa shape index (κ2) is 8.23. The molecule has 3 aromatic heterocycles. The van der Waals surface area contributed by atoms with Crippen LogP contribution in [-0.2, 0) is 6.54 Å². The number of imidazole rings is 1. The Morgan fingerprint density at radius 2 is 2.06 bits per heavy atom. The van der Waals surface area contributed by atoms with Crippen molar-refractivity contribution in [3.05, 3.63) is 30.0 Å². The molecule has 0 spiro atoms. The number of benzene rings is 1. The number of nitrogens with two attached hydrogens (primary N) is 1. The molecule has 0 radical (unpaired) electrons. The third-order valence-corrected chi connectivity index (χ3v) is 7.36. The van der Waals surface area contributed by atoms with E-state index in [1.807, 2.05) is 17.5 Å². The van der Waals surface area contributed by atoms with Crippen molar-refractivity contribution in [1.82, 2.24) is 29.8 Å². The van der Waals surface area contributed by atoms with Crippen LogP contribution in [0.25, 0.3) is 21.7 Å². The van der Waals surface area contributed by atoms with Crippen molar-refractivity contribution >= 4 is 40.1 Å². The third kappa shape index (κ3) is 3.76. The van der Waals surface area contributed by atoms with Gasteiger partial charge in [-0.2, -0.15) is 0 Å². The number of nitrogen functional groups attached to an aromatic ring is 1. The van der Waals surface area contributed by atoms with E-state index in [4.69, 9.17) is 20.2 Å². The van der Waals surface area contributed by atoms with Gasteiger partial charge in [-0.05, 0) is 37.4 Å². The van der Waals surface area contributed by atoms with Crippen LogP contribution in [0.1, 0.15) is 12.8 Å². The average Bonchev–Trinajstić information content (AvgIpc) is 3.17. The van der Waals surface area contributed by atoms with Crippen molar-refractivity contribution in [2.24, 2.45) is 5.92 Å². The molecular weight excluding hydrogens is 446 g/mol. The molecule has 32 heavy (non-hydrogen) atoms. The van der Waals surface area contributed by atoms with Crippen LogP contribution >= 0.6 is 23.1 Å². The molecule has 9 nitrogen and oxygen atoms in total. The molecule has 164 valence electrons. The number of rotatable bonds is 8. The topological polar surface area (TPSA) is 113 Å². The summed E-state index contributed by atoms with van der Waals surface area (Å²) in [6.07, 6.45) is 5.95. The van der Waals surface area contributed by atoms with Crippen molar-refractivity contribution in [3.8, 4) is 22.1 Å². The molecule has 0 unspecified atom stereocenters. The number of hydrogen-bond acceptors (Lipinski definition) is 10. The highest BCUT2D eigenvalue weighted by Gasteiger charge is 2.23. The smallest absolute Gasteiger partial charge is 0.231 e. The summed E-state index contributed by atoms with van der Waals surface area (Å²) in [5.41, 5.74) is 8.46. The first-order chi connectivity index (χ1) is 15.8. The van der Waals surface area contributed by atoms with Crippen LogP contribution in [0.2, 0.25) is 0 Å². The first-order valence-corrected chi connectivity index (χ1v) is 12.1. The van der Waals surface area contributed by atoms with Crippen LogP contribution in [0, 0.1) is 5.92 Å². The third-order valence-electron chi connectivity index (χ3n) is 5.51. The van der Waals surface area contributed by atoms with Crippen molar-refractivity contribution in [1.29, 1.82) is 0 Å². The SMILES string of the molecule is Nc1ncnc2c1nc(Sc1cc3c(cc1-c1nccs1)OCO3)n2CCNCC1CC1. The Hall–Kier alpha value is -2.89. The predicted molar refractivity (Wildman–Crippen MR) is 123 cm³/mol. The van der Waals surface area contributed by atoms with Gasteiger partial charge in [0.2, 0.25) is 6.79 Å². The number of anilines is 1. The number of nitrogens with one attached hydrogen (secondary N) is 1. The Kier molecular flexibility index (Phi) is 5.08. The number of fused-ring (bicyclic) bond motifs is 2. The van der Waals surface area contributed by atoms with Crippen LogP contribution in [-0.4, -0.2) is 44.4 Å². The van der Waals surface area contributed by atoms with Gasteiger partial charge < -0.3 is 25.1 Å². The summed E-state index contributed by atoms with van der Waals surface area (Å²) < 4.78 is 13.3. The summed E-state index contributed by atoms with van der Waals surface area (Å²) in [5, 5.41) is 7.23. The number of ether oxygens (including phenoxy) is 2. The van der Waals surface area contributed by atoms with E-state index in [9.17, 15) is 0 Å². The first-order valence-electron chi connectivity index (χ1n) is 10.4. The summed E-state index contributed by atoms with van der Waals surface area (Å²) in [6, 6.07) is 3.98. The van der Waals surface area contributed by atoms with Gasteiger partial charge in [0.05, 0.1) is 0 Å². The van der Waals surface area contributed by atoms with E-state index in [0.29, 0.717) is 11.3 Å². The van der Waals surface area contributed by atoms with Crippen LogP contribution in [0.3, 0.4) is 0 Å². The van der Waals surface area contributed by atoms with E-state index in [-0.39, 0.29) is 6.79 Å². The quantitative estimate of drug-likeness (QED) is 0.376. The molecule has 11 heteroatoms.